The van der Waals surface area contributed by atoms with E-state index in [-0.39, 0.29) is 17.6 Å². The second-order valence-corrected chi connectivity index (χ2v) is 6.55. The summed E-state index contributed by atoms with van der Waals surface area (Å²) in [7, 11) is 0. The standard InChI is InChI=1S/C21H22FN3O3/c1-14(2)13-20(27)23-18-10-6-16(7-11-18)21(28)25-24-19(26)12-5-15-3-8-17(22)9-4-15/h3-12,14H,13H2,1-2H3,(H,23,27)(H,24,26)(H,25,28). The average Bonchev–Trinajstić information content (AvgIpc) is 2.65. The van der Waals surface area contributed by atoms with E-state index in [9.17, 15) is 18.8 Å². The van der Waals surface area contributed by atoms with Crippen molar-refractivity contribution >= 4 is 29.5 Å². The molecule has 0 bridgehead atoms. The van der Waals surface area contributed by atoms with Gasteiger partial charge in [-0.2, -0.15) is 0 Å². The maximum Gasteiger partial charge on any atom is 0.269 e. The van der Waals surface area contributed by atoms with E-state index < -0.39 is 11.8 Å². The van der Waals surface area contributed by atoms with Gasteiger partial charge in [-0.05, 0) is 54.0 Å². The van der Waals surface area contributed by atoms with Gasteiger partial charge < -0.3 is 5.32 Å². The summed E-state index contributed by atoms with van der Waals surface area (Å²) in [6.45, 7) is 3.91. The van der Waals surface area contributed by atoms with Crippen molar-refractivity contribution in [3.8, 4) is 0 Å². The first kappa shape index (κ1) is 20.8. The fourth-order valence-corrected chi connectivity index (χ4v) is 2.27. The Bertz CT molecular complexity index is 859. The van der Waals surface area contributed by atoms with Crippen LogP contribution in [0.3, 0.4) is 0 Å². The van der Waals surface area contributed by atoms with E-state index in [1.807, 2.05) is 13.8 Å². The fourth-order valence-electron chi connectivity index (χ4n) is 2.27. The molecule has 6 nitrogen and oxygen atoms in total. The van der Waals surface area contributed by atoms with Gasteiger partial charge in [-0.3, -0.25) is 25.2 Å². The van der Waals surface area contributed by atoms with Crippen LogP contribution >= 0.6 is 0 Å². The number of rotatable bonds is 6. The Labute approximate surface area is 162 Å². The Morgan fingerprint density at radius 1 is 0.964 bits per heavy atom. The molecule has 0 aliphatic rings. The molecule has 2 aromatic rings. The first-order chi connectivity index (χ1) is 13.3. The highest BCUT2D eigenvalue weighted by Crippen LogP contribution is 2.11. The molecule has 0 spiro atoms. The summed E-state index contributed by atoms with van der Waals surface area (Å²) in [5.74, 6) is -1.23. The summed E-state index contributed by atoms with van der Waals surface area (Å²) in [6, 6.07) is 11.9. The van der Waals surface area contributed by atoms with Gasteiger partial charge in [0.2, 0.25) is 5.91 Å². The molecule has 3 N–H and O–H groups in total. The molecule has 7 heteroatoms. The van der Waals surface area contributed by atoms with E-state index in [1.165, 1.54) is 36.4 Å². The number of anilines is 1. The maximum absolute atomic E-state index is 12.8. The Kier molecular flexibility index (Phi) is 7.45. The third kappa shape index (κ3) is 7.03. The van der Waals surface area contributed by atoms with Gasteiger partial charge in [-0.25, -0.2) is 4.39 Å². The maximum atomic E-state index is 12.8. The minimum atomic E-state index is -0.532. The Morgan fingerprint density at radius 2 is 1.61 bits per heavy atom. The lowest BCUT2D eigenvalue weighted by molar-refractivity contribution is -0.117. The van der Waals surface area contributed by atoms with Crippen LogP contribution in [0.25, 0.3) is 6.08 Å². The molecule has 0 unspecified atom stereocenters. The van der Waals surface area contributed by atoms with Crippen LogP contribution in [0.4, 0.5) is 10.1 Å². The zero-order chi connectivity index (χ0) is 20.5. The third-order valence-electron chi connectivity index (χ3n) is 3.62. The van der Waals surface area contributed by atoms with Crippen molar-refractivity contribution in [1.29, 1.82) is 0 Å². The number of hydrogen-bond acceptors (Lipinski definition) is 3. The van der Waals surface area contributed by atoms with Crippen LogP contribution < -0.4 is 16.2 Å². The van der Waals surface area contributed by atoms with Gasteiger partial charge in [-0.15, -0.1) is 0 Å². The predicted molar refractivity (Wildman–Crippen MR) is 106 cm³/mol. The van der Waals surface area contributed by atoms with Crippen LogP contribution in [0.1, 0.15) is 36.2 Å². The smallest absolute Gasteiger partial charge is 0.269 e. The van der Waals surface area contributed by atoms with Crippen LogP contribution in [0.5, 0.6) is 0 Å². The third-order valence-corrected chi connectivity index (χ3v) is 3.62. The van der Waals surface area contributed by atoms with Gasteiger partial charge in [-0.1, -0.05) is 26.0 Å². The molecule has 28 heavy (non-hydrogen) atoms. The number of carbonyl (C=O) groups excluding carboxylic acids is 3. The van der Waals surface area contributed by atoms with Crippen molar-refractivity contribution in [3.63, 3.8) is 0 Å². The van der Waals surface area contributed by atoms with Gasteiger partial charge in [0.1, 0.15) is 5.82 Å². The molecule has 2 aromatic carbocycles. The van der Waals surface area contributed by atoms with Crippen LogP contribution in [-0.2, 0) is 9.59 Å². The monoisotopic (exact) mass is 383 g/mol. The summed E-state index contributed by atoms with van der Waals surface area (Å²) in [5.41, 5.74) is 6.12. The van der Waals surface area contributed by atoms with E-state index in [2.05, 4.69) is 16.2 Å². The molecule has 0 saturated heterocycles. The average molecular weight is 383 g/mol. The van der Waals surface area contributed by atoms with E-state index in [1.54, 1.807) is 24.3 Å². The largest absolute Gasteiger partial charge is 0.326 e. The number of hydrogen-bond donors (Lipinski definition) is 3. The molecule has 0 fully saturated rings. The molecule has 0 radical (unpaired) electrons. The van der Waals surface area contributed by atoms with E-state index in [4.69, 9.17) is 0 Å². The molecule has 0 saturated carbocycles. The van der Waals surface area contributed by atoms with Crippen molar-refractivity contribution in [2.75, 3.05) is 5.32 Å². The summed E-state index contributed by atoms with van der Waals surface area (Å²) in [4.78, 5) is 35.5. The summed E-state index contributed by atoms with van der Waals surface area (Å²) in [5, 5.41) is 2.75. The van der Waals surface area contributed by atoms with E-state index in [0.29, 0.717) is 23.2 Å². The minimum absolute atomic E-state index is 0.0904. The summed E-state index contributed by atoms with van der Waals surface area (Å²) < 4.78 is 12.8. The van der Waals surface area contributed by atoms with Crippen molar-refractivity contribution in [2.24, 2.45) is 5.92 Å². The number of carbonyl (C=O) groups is 3. The number of halogens is 1. The molecule has 2 rings (SSSR count). The first-order valence-electron chi connectivity index (χ1n) is 8.77. The van der Waals surface area contributed by atoms with Gasteiger partial charge in [0.05, 0.1) is 0 Å². The number of benzene rings is 2. The highest BCUT2D eigenvalue weighted by Gasteiger charge is 2.08. The molecule has 146 valence electrons. The second kappa shape index (κ2) is 10.0. The Balaban J connectivity index is 1.82. The van der Waals surface area contributed by atoms with Crippen molar-refractivity contribution in [2.45, 2.75) is 20.3 Å². The van der Waals surface area contributed by atoms with E-state index in [0.717, 1.165) is 0 Å². The van der Waals surface area contributed by atoms with Crippen LogP contribution in [0.2, 0.25) is 0 Å². The van der Waals surface area contributed by atoms with Gasteiger partial charge >= 0.3 is 0 Å². The highest BCUT2D eigenvalue weighted by molar-refractivity contribution is 5.98. The Morgan fingerprint density at radius 3 is 2.21 bits per heavy atom. The summed E-state index contributed by atoms with van der Waals surface area (Å²) >= 11 is 0. The predicted octanol–water partition coefficient (Wildman–Crippen LogP) is 3.28. The van der Waals surface area contributed by atoms with Gasteiger partial charge in [0, 0.05) is 23.7 Å². The van der Waals surface area contributed by atoms with Crippen LogP contribution in [0, 0.1) is 11.7 Å². The molecule has 0 aromatic heterocycles. The summed E-state index contributed by atoms with van der Waals surface area (Å²) in [6.07, 6.45) is 3.14. The lowest BCUT2D eigenvalue weighted by Gasteiger charge is -2.08. The zero-order valence-corrected chi connectivity index (χ0v) is 15.7. The highest BCUT2D eigenvalue weighted by atomic mass is 19.1. The molecule has 0 atom stereocenters. The normalized spacial score (nSPS) is 10.7. The molecule has 0 heterocycles. The van der Waals surface area contributed by atoms with Crippen molar-refractivity contribution in [1.82, 2.24) is 10.9 Å². The van der Waals surface area contributed by atoms with Crippen molar-refractivity contribution in [3.05, 3.63) is 71.6 Å². The number of amides is 3. The molecular formula is C21H22FN3O3. The van der Waals surface area contributed by atoms with Crippen LogP contribution in [-0.4, -0.2) is 17.7 Å². The fraction of sp³-hybridized carbons (Fsp3) is 0.190. The van der Waals surface area contributed by atoms with Gasteiger partial charge in [0.15, 0.2) is 0 Å². The first-order valence-corrected chi connectivity index (χ1v) is 8.77. The zero-order valence-electron chi connectivity index (χ0n) is 15.7. The van der Waals surface area contributed by atoms with Crippen LogP contribution in [0.15, 0.2) is 54.6 Å². The second-order valence-electron chi connectivity index (χ2n) is 6.55. The van der Waals surface area contributed by atoms with Crippen molar-refractivity contribution < 1.29 is 18.8 Å². The lowest BCUT2D eigenvalue weighted by atomic mass is 10.1. The van der Waals surface area contributed by atoms with E-state index >= 15 is 0 Å². The molecule has 0 aliphatic carbocycles. The number of hydrazine groups is 1. The lowest BCUT2D eigenvalue weighted by Crippen LogP contribution is -2.40. The SMILES string of the molecule is CC(C)CC(=O)Nc1ccc(C(=O)NNC(=O)C=Cc2ccc(F)cc2)cc1. The quantitative estimate of drug-likeness (QED) is 0.528. The molecular weight excluding hydrogens is 361 g/mol. The minimum Gasteiger partial charge on any atom is -0.326 e. The Hall–Kier alpha value is -3.48. The van der Waals surface area contributed by atoms with Gasteiger partial charge in [0.25, 0.3) is 11.8 Å². The topological polar surface area (TPSA) is 87.3 Å². The molecule has 0 aliphatic heterocycles. The molecule has 3 amide bonds. The number of nitrogens with one attached hydrogen (secondary N) is 3.